The van der Waals surface area contributed by atoms with Gasteiger partial charge in [-0.3, -0.25) is 9.59 Å². The van der Waals surface area contributed by atoms with Crippen LogP contribution in [0.4, 0.5) is 5.69 Å². The fourth-order valence-electron chi connectivity index (χ4n) is 2.50. The molecule has 1 aliphatic rings. The van der Waals surface area contributed by atoms with Crippen LogP contribution in [0.5, 0.6) is 11.5 Å². The summed E-state index contributed by atoms with van der Waals surface area (Å²) in [5, 5.41) is 6.69. The van der Waals surface area contributed by atoms with E-state index in [2.05, 4.69) is 15.8 Å². The Hall–Kier alpha value is -3.35. The molecular formula is C20H21N3O4. The van der Waals surface area contributed by atoms with Gasteiger partial charge in [0.1, 0.15) is 0 Å². The van der Waals surface area contributed by atoms with Crippen LogP contribution in [-0.4, -0.2) is 24.8 Å². The monoisotopic (exact) mass is 367 g/mol. The minimum Gasteiger partial charge on any atom is -0.454 e. The molecule has 27 heavy (non-hydrogen) atoms. The Labute approximate surface area is 157 Å². The maximum Gasteiger partial charge on any atom is 0.240 e. The molecule has 2 N–H and O–H groups in total. The van der Waals surface area contributed by atoms with Crippen LogP contribution in [0.2, 0.25) is 0 Å². The summed E-state index contributed by atoms with van der Waals surface area (Å²) in [6.45, 7) is 4.20. The van der Waals surface area contributed by atoms with E-state index in [-0.39, 0.29) is 31.4 Å². The van der Waals surface area contributed by atoms with E-state index in [9.17, 15) is 9.59 Å². The molecule has 3 rings (SSSR count). The maximum atomic E-state index is 12.0. The molecule has 0 fully saturated rings. The molecule has 1 aliphatic heterocycles. The molecular weight excluding hydrogens is 346 g/mol. The lowest BCUT2D eigenvalue weighted by molar-refractivity contribution is -0.124. The third kappa shape index (κ3) is 5.07. The summed E-state index contributed by atoms with van der Waals surface area (Å²) in [6.07, 6.45) is 1.64. The molecule has 0 saturated heterocycles. The zero-order valence-electron chi connectivity index (χ0n) is 15.2. The first kappa shape index (κ1) is 18.4. The van der Waals surface area contributed by atoms with E-state index >= 15 is 0 Å². The van der Waals surface area contributed by atoms with E-state index < -0.39 is 0 Å². The SMILES string of the molecule is Cc1ccc(NC(=O)CCC(=O)NN=Cc2ccc3c(c2)OCO3)cc1C. The number of benzene rings is 2. The Kier molecular flexibility index (Phi) is 5.71. The molecule has 2 aromatic rings. The molecule has 0 spiro atoms. The van der Waals surface area contributed by atoms with Crippen LogP contribution >= 0.6 is 0 Å². The van der Waals surface area contributed by atoms with Crippen molar-refractivity contribution in [3.8, 4) is 11.5 Å². The predicted molar refractivity (Wildman–Crippen MR) is 102 cm³/mol. The number of fused-ring (bicyclic) bond motifs is 1. The zero-order chi connectivity index (χ0) is 19.2. The number of anilines is 1. The molecule has 7 nitrogen and oxygen atoms in total. The van der Waals surface area contributed by atoms with E-state index in [1.54, 1.807) is 18.2 Å². The Morgan fingerprint density at radius 1 is 1.00 bits per heavy atom. The lowest BCUT2D eigenvalue weighted by atomic mass is 10.1. The van der Waals surface area contributed by atoms with Crippen LogP contribution in [0.1, 0.15) is 29.5 Å². The fourth-order valence-corrected chi connectivity index (χ4v) is 2.50. The van der Waals surface area contributed by atoms with E-state index in [0.29, 0.717) is 11.5 Å². The summed E-state index contributed by atoms with van der Waals surface area (Å²) in [6, 6.07) is 11.1. The highest BCUT2D eigenvalue weighted by Crippen LogP contribution is 2.31. The smallest absolute Gasteiger partial charge is 0.240 e. The van der Waals surface area contributed by atoms with Crippen molar-refractivity contribution in [3.05, 3.63) is 53.1 Å². The third-order valence-electron chi connectivity index (χ3n) is 4.17. The van der Waals surface area contributed by atoms with Crippen molar-refractivity contribution >= 4 is 23.7 Å². The van der Waals surface area contributed by atoms with Gasteiger partial charge in [-0.2, -0.15) is 5.10 Å². The molecule has 0 radical (unpaired) electrons. The second kappa shape index (κ2) is 8.35. The highest BCUT2D eigenvalue weighted by molar-refractivity contribution is 5.93. The average molecular weight is 367 g/mol. The Bertz CT molecular complexity index is 893. The number of nitrogens with one attached hydrogen (secondary N) is 2. The Morgan fingerprint density at radius 3 is 2.59 bits per heavy atom. The van der Waals surface area contributed by atoms with E-state index in [1.807, 2.05) is 32.0 Å². The number of amides is 2. The van der Waals surface area contributed by atoms with Crippen molar-refractivity contribution in [2.24, 2.45) is 5.10 Å². The van der Waals surface area contributed by atoms with Crippen molar-refractivity contribution < 1.29 is 19.1 Å². The highest BCUT2D eigenvalue weighted by atomic mass is 16.7. The topological polar surface area (TPSA) is 89.0 Å². The quantitative estimate of drug-likeness (QED) is 0.607. The van der Waals surface area contributed by atoms with Gasteiger partial charge in [-0.25, -0.2) is 5.43 Å². The van der Waals surface area contributed by atoms with Crippen molar-refractivity contribution in [3.63, 3.8) is 0 Å². The first-order valence-electron chi connectivity index (χ1n) is 8.60. The summed E-state index contributed by atoms with van der Waals surface area (Å²) >= 11 is 0. The number of hydrogen-bond acceptors (Lipinski definition) is 5. The van der Waals surface area contributed by atoms with Gasteiger partial charge < -0.3 is 14.8 Å². The Balaban J connectivity index is 1.42. The van der Waals surface area contributed by atoms with Crippen LogP contribution in [0.3, 0.4) is 0 Å². The molecule has 0 aliphatic carbocycles. The number of aryl methyl sites for hydroxylation is 2. The van der Waals surface area contributed by atoms with E-state index in [0.717, 1.165) is 22.4 Å². The lowest BCUT2D eigenvalue weighted by Gasteiger charge is -2.07. The van der Waals surface area contributed by atoms with E-state index in [4.69, 9.17) is 9.47 Å². The number of hydrazone groups is 1. The molecule has 0 bridgehead atoms. The van der Waals surface area contributed by atoms with Gasteiger partial charge in [-0.05, 0) is 60.9 Å². The van der Waals surface area contributed by atoms with Gasteiger partial charge in [0.2, 0.25) is 18.6 Å². The largest absolute Gasteiger partial charge is 0.454 e. The molecule has 140 valence electrons. The first-order chi connectivity index (χ1) is 13.0. The van der Waals surface area contributed by atoms with Crippen LogP contribution < -0.4 is 20.2 Å². The van der Waals surface area contributed by atoms with Crippen molar-refractivity contribution in [2.45, 2.75) is 26.7 Å². The fraction of sp³-hybridized carbons (Fsp3) is 0.250. The van der Waals surface area contributed by atoms with Crippen LogP contribution in [0.15, 0.2) is 41.5 Å². The van der Waals surface area contributed by atoms with Gasteiger partial charge >= 0.3 is 0 Å². The molecule has 2 amide bonds. The number of hydrogen-bond donors (Lipinski definition) is 2. The van der Waals surface area contributed by atoms with Gasteiger partial charge in [-0.1, -0.05) is 6.07 Å². The zero-order valence-corrected chi connectivity index (χ0v) is 15.2. The van der Waals surface area contributed by atoms with Gasteiger partial charge in [0.25, 0.3) is 0 Å². The second-order valence-corrected chi connectivity index (χ2v) is 6.25. The summed E-state index contributed by atoms with van der Waals surface area (Å²) < 4.78 is 10.5. The predicted octanol–water partition coefficient (Wildman–Crippen LogP) is 2.90. The number of ether oxygens (including phenoxy) is 2. The van der Waals surface area contributed by atoms with Crippen LogP contribution in [0, 0.1) is 13.8 Å². The van der Waals surface area contributed by atoms with Gasteiger partial charge in [-0.15, -0.1) is 0 Å². The molecule has 1 heterocycles. The van der Waals surface area contributed by atoms with Gasteiger partial charge in [0.15, 0.2) is 11.5 Å². The van der Waals surface area contributed by atoms with Gasteiger partial charge in [0.05, 0.1) is 6.21 Å². The van der Waals surface area contributed by atoms with Crippen molar-refractivity contribution in [1.82, 2.24) is 5.43 Å². The van der Waals surface area contributed by atoms with Gasteiger partial charge in [0, 0.05) is 18.5 Å². The standard InChI is InChI=1S/C20H21N3O4/c1-13-3-5-16(9-14(13)2)22-19(24)7-8-20(25)23-21-11-15-4-6-17-18(10-15)27-12-26-17/h3-6,9-11H,7-8,12H2,1-2H3,(H,22,24)(H,23,25). The maximum absolute atomic E-state index is 12.0. The van der Waals surface area contributed by atoms with Crippen molar-refractivity contribution in [1.29, 1.82) is 0 Å². The minimum atomic E-state index is -0.331. The number of carbonyl (C=O) groups excluding carboxylic acids is 2. The summed E-state index contributed by atoms with van der Waals surface area (Å²) in [4.78, 5) is 23.8. The van der Waals surface area contributed by atoms with Crippen LogP contribution in [-0.2, 0) is 9.59 Å². The number of rotatable bonds is 6. The van der Waals surface area contributed by atoms with E-state index in [1.165, 1.54) is 6.21 Å². The second-order valence-electron chi connectivity index (χ2n) is 6.25. The molecule has 0 unspecified atom stereocenters. The van der Waals surface area contributed by atoms with Crippen LogP contribution in [0.25, 0.3) is 0 Å². The minimum absolute atomic E-state index is 0.0507. The molecule has 0 aromatic heterocycles. The molecule has 7 heteroatoms. The lowest BCUT2D eigenvalue weighted by Crippen LogP contribution is -2.20. The number of nitrogens with zero attached hydrogens (tertiary/aromatic N) is 1. The Morgan fingerprint density at radius 2 is 1.78 bits per heavy atom. The van der Waals surface area contributed by atoms with Crippen molar-refractivity contribution in [2.75, 3.05) is 12.1 Å². The summed E-state index contributed by atoms with van der Waals surface area (Å²) in [5.41, 5.74) is 6.17. The first-order valence-corrected chi connectivity index (χ1v) is 8.60. The molecule has 0 saturated carbocycles. The highest BCUT2D eigenvalue weighted by Gasteiger charge is 2.12. The molecule has 2 aromatic carbocycles. The molecule has 0 atom stereocenters. The average Bonchev–Trinajstić information content (AvgIpc) is 3.11. The third-order valence-corrected chi connectivity index (χ3v) is 4.17. The number of carbonyl (C=O) groups is 2. The summed E-state index contributed by atoms with van der Waals surface area (Å²) in [7, 11) is 0. The normalized spacial score (nSPS) is 12.2. The summed E-state index contributed by atoms with van der Waals surface area (Å²) in [5.74, 6) is 0.787.